The zero-order valence-corrected chi connectivity index (χ0v) is 38.7. The van der Waals surface area contributed by atoms with Gasteiger partial charge in [0, 0.05) is 24.9 Å². The maximum Gasteiger partial charge on any atom is 0.240 e. The number of ether oxygens (including phenoxy) is 2. The van der Waals surface area contributed by atoms with Crippen LogP contribution in [0.25, 0.3) is 33.7 Å². The van der Waals surface area contributed by atoms with Crippen LogP contribution in [0, 0.1) is 13.8 Å². The highest BCUT2D eigenvalue weighted by atomic mass is 32.1. The zero-order valence-electron chi connectivity index (χ0n) is 37.1. The molecule has 3 heterocycles. The number of benzene rings is 2. The van der Waals surface area contributed by atoms with Gasteiger partial charge < -0.3 is 9.47 Å². The second-order valence-corrected chi connectivity index (χ2v) is 19.3. The summed E-state index contributed by atoms with van der Waals surface area (Å²) >= 11 is 3.58. The fraction of sp³-hybridized carbons (Fsp3) is 0.509. The quantitative estimate of drug-likeness (QED) is 0.0550. The van der Waals surface area contributed by atoms with Gasteiger partial charge in [-0.1, -0.05) is 153 Å². The minimum Gasteiger partial charge on any atom is -0.476 e. The molecule has 0 N–H and O–H groups in total. The monoisotopic (exact) mass is 830 g/mol. The van der Waals surface area contributed by atoms with Gasteiger partial charge in [0.15, 0.2) is 0 Å². The number of fused-ring (bicyclic) bond motifs is 3. The fourth-order valence-electron chi connectivity index (χ4n) is 8.74. The van der Waals surface area contributed by atoms with Crippen molar-refractivity contribution in [3.8, 4) is 33.3 Å². The van der Waals surface area contributed by atoms with E-state index >= 15 is 0 Å². The fourth-order valence-corrected chi connectivity index (χ4v) is 10.5. The molecule has 1 aliphatic rings. The molecule has 0 unspecified atom stereocenters. The Hall–Kier alpha value is -3.74. The predicted molar refractivity (Wildman–Crippen MR) is 255 cm³/mol. The average Bonchev–Trinajstić information content (AvgIpc) is 3.95. The number of thiophene rings is 2. The molecule has 3 aromatic heterocycles. The van der Waals surface area contributed by atoms with Crippen molar-refractivity contribution in [3.63, 3.8) is 0 Å². The third-order valence-corrected chi connectivity index (χ3v) is 14.0. The van der Waals surface area contributed by atoms with Gasteiger partial charge in [0.25, 0.3) is 0 Å². The van der Waals surface area contributed by atoms with E-state index in [2.05, 4.69) is 114 Å². The van der Waals surface area contributed by atoms with Crippen LogP contribution in [0.4, 0.5) is 0 Å². The van der Waals surface area contributed by atoms with E-state index in [0.717, 1.165) is 46.1 Å². The Morgan fingerprint density at radius 1 is 0.525 bits per heavy atom. The molecule has 5 aromatic rings. The Balaban J connectivity index is 1.39. The molecule has 0 amide bonds. The summed E-state index contributed by atoms with van der Waals surface area (Å²) in [6, 6.07) is 23.4. The van der Waals surface area contributed by atoms with E-state index in [1.807, 2.05) is 11.3 Å². The van der Waals surface area contributed by atoms with Gasteiger partial charge in [-0.3, -0.25) is 0 Å². The molecular formula is C53H70N2O2S2. The van der Waals surface area contributed by atoms with Crippen molar-refractivity contribution in [2.45, 2.75) is 163 Å². The average molecular weight is 831 g/mol. The summed E-state index contributed by atoms with van der Waals surface area (Å²) in [6.45, 7) is 14.8. The van der Waals surface area contributed by atoms with Crippen molar-refractivity contribution in [1.29, 1.82) is 0 Å². The van der Waals surface area contributed by atoms with Crippen LogP contribution in [-0.2, 0) is 5.41 Å². The second-order valence-electron chi connectivity index (χ2n) is 16.9. The first kappa shape index (κ1) is 44.8. The molecule has 0 fully saturated rings. The lowest BCUT2D eigenvalue weighted by Gasteiger charge is -2.33. The first-order valence-corrected chi connectivity index (χ1v) is 24.8. The lowest BCUT2D eigenvalue weighted by Crippen LogP contribution is -2.26. The SMILES string of the molecule is CCCCCCOc1n/c(=C\c2ccc(-c3ccc4c(c3)C(CCCCCC)(CCCCCC)c3cc(C)ccc3-4)s2)c(OCCCCCC)n/c1=C\c1ccc(C)s1. The highest BCUT2D eigenvalue weighted by Crippen LogP contribution is 2.55. The van der Waals surface area contributed by atoms with Gasteiger partial charge in [-0.15, -0.1) is 22.7 Å². The van der Waals surface area contributed by atoms with Crippen LogP contribution in [0.1, 0.15) is 175 Å². The number of hydrogen-bond acceptors (Lipinski definition) is 6. The molecule has 316 valence electrons. The van der Waals surface area contributed by atoms with E-state index < -0.39 is 0 Å². The van der Waals surface area contributed by atoms with Crippen LogP contribution < -0.4 is 20.2 Å². The van der Waals surface area contributed by atoms with Crippen LogP contribution >= 0.6 is 22.7 Å². The van der Waals surface area contributed by atoms with Gasteiger partial charge in [-0.2, -0.15) is 0 Å². The van der Waals surface area contributed by atoms with Crippen LogP contribution in [-0.4, -0.2) is 23.2 Å². The summed E-state index contributed by atoms with van der Waals surface area (Å²) in [7, 11) is 0. The Bertz CT molecular complexity index is 2180. The minimum atomic E-state index is 0.0624. The number of aromatic nitrogens is 2. The predicted octanol–water partition coefficient (Wildman–Crippen LogP) is 14.7. The van der Waals surface area contributed by atoms with E-state index in [1.54, 1.807) is 22.5 Å². The molecule has 4 nitrogen and oxygen atoms in total. The second kappa shape index (κ2) is 22.7. The number of nitrogens with zero attached hydrogens (tertiary/aromatic N) is 2. The van der Waals surface area contributed by atoms with Crippen molar-refractivity contribution in [2.24, 2.45) is 0 Å². The van der Waals surface area contributed by atoms with Gasteiger partial charge >= 0.3 is 0 Å². The Morgan fingerprint density at radius 3 is 1.58 bits per heavy atom. The molecule has 0 aliphatic heterocycles. The van der Waals surface area contributed by atoms with Crippen molar-refractivity contribution in [3.05, 3.63) is 103 Å². The molecule has 0 saturated carbocycles. The largest absolute Gasteiger partial charge is 0.476 e. The van der Waals surface area contributed by atoms with Crippen molar-refractivity contribution < 1.29 is 9.47 Å². The molecule has 6 rings (SSSR count). The van der Waals surface area contributed by atoms with Crippen molar-refractivity contribution in [2.75, 3.05) is 13.2 Å². The van der Waals surface area contributed by atoms with Crippen molar-refractivity contribution in [1.82, 2.24) is 9.97 Å². The van der Waals surface area contributed by atoms with Crippen LogP contribution in [0.3, 0.4) is 0 Å². The number of aryl methyl sites for hydroxylation is 2. The molecule has 0 saturated heterocycles. The topological polar surface area (TPSA) is 44.2 Å². The Morgan fingerprint density at radius 2 is 1.03 bits per heavy atom. The number of rotatable bonds is 25. The highest BCUT2D eigenvalue weighted by molar-refractivity contribution is 7.16. The maximum absolute atomic E-state index is 6.48. The molecule has 0 bridgehead atoms. The molecule has 2 aromatic carbocycles. The van der Waals surface area contributed by atoms with Gasteiger partial charge in [0.2, 0.25) is 11.8 Å². The summed E-state index contributed by atoms with van der Waals surface area (Å²) in [6.07, 6.45) is 26.1. The van der Waals surface area contributed by atoms with Crippen LogP contribution in [0.5, 0.6) is 11.8 Å². The summed E-state index contributed by atoms with van der Waals surface area (Å²) in [5, 5.41) is 1.46. The smallest absolute Gasteiger partial charge is 0.240 e. The number of hydrogen-bond donors (Lipinski definition) is 0. The first-order chi connectivity index (χ1) is 28.9. The lowest BCUT2D eigenvalue weighted by atomic mass is 9.70. The molecular weight excluding hydrogens is 761 g/mol. The Labute approximate surface area is 364 Å². The molecule has 0 spiro atoms. The third kappa shape index (κ3) is 11.8. The molecule has 1 aliphatic carbocycles. The van der Waals surface area contributed by atoms with E-state index in [0.29, 0.717) is 25.0 Å². The molecule has 0 radical (unpaired) electrons. The van der Waals surface area contributed by atoms with E-state index in [1.165, 1.54) is 122 Å². The maximum atomic E-state index is 6.48. The molecule has 59 heavy (non-hydrogen) atoms. The number of unbranched alkanes of at least 4 members (excludes halogenated alkanes) is 12. The summed E-state index contributed by atoms with van der Waals surface area (Å²) in [5.74, 6) is 1.16. The summed E-state index contributed by atoms with van der Waals surface area (Å²) in [4.78, 5) is 15.1. The van der Waals surface area contributed by atoms with E-state index in [4.69, 9.17) is 19.4 Å². The first-order valence-electron chi connectivity index (χ1n) is 23.2. The standard InChI is InChI=1S/C53H70N2O2S2/c1-7-11-15-19-31-53(32-20-16-12-8-2)46-35-39(5)23-28-44(46)45-29-25-41(36-47(45)53)50-30-27-43(59-50)38-49-52(57-34-22-18-14-10-4)54-48(37-42-26-24-40(6)58-42)51(55-49)56-33-21-17-13-9-3/h23-30,35-38H,7-22,31-34H2,1-6H3/b48-37-,49-38-. The van der Waals surface area contributed by atoms with Gasteiger partial charge in [-0.25, -0.2) is 9.97 Å². The van der Waals surface area contributed by atoms with Gasteiger partial charge in [0.05, 0.1) is 13.2 Å². The van der Waals surface area contributed by atoms with Crippen LogP contribution in [0.2, 0.25) is 0 Å². The lowest BCUT2D eigenvalue weighted by molar-refractivity contribution is 0.272. The third-order valence-electron chi connectivity index (χ3n) is 12.0. The van der Waals surface area contributed by atoms with E-state index in [-0.39, 0.29) is 5.41 Å². The summed E-state index contributed by atoms with van der Waals surface area (Å²) in [5.41, 5.74) is 8.72. The molecule has 6 heteroatoms. The van der Waals surface area contributed by atoms with E-state index in [9.17, 15) is 0 Å². The molecule has 0 atom stereocenters. The zero-order chi connectivity index (χ0) is 41.5. The highest BCUT2D eigenvalue weighted by Gasteiger charge is 2.42. The van der Waals surface area contributed by atoms with Crippen molar-refractivity contribution >= 4 is 34.8 Å². The minimum absolute atomic E-state index is 0.0624. The Kier molecular flexibility index (Phi) is 17.3. The van der Waals surface area contributed by atoms with Gasteiger partial charge in [0.1, 0.15) is 10.7 Å². The van der Waals surface area contributed by atoms with Crippen LogP contribution in [0.15, 0.2) is 60.7 Å². The van der Waals surface area contributed by atoms with Gasteiger partial charge in [-0.05, 0) is 110 Å². The summed E-state index contributed by atoms with van der Waals surface area (Å²) < 4.78 is 12.9. The normalized spacial score (nSPS) is 13.6.